The number of para-hydroxylation sites is 1. The van der Waals surface area contributed by atoms with Crippen molar-refractivity contribution in [1.29, 1.82) is 0 Å². The Bertz CT molecular complexity index is 1880. The lowest BCUT2D eigenvalue weighted by atomic mass is 9.99. The fraction of sp³-hybridized carbons (Fsp3) is 0.138. The van der Waals surface area contributed by atoms with Gasteiger partial charge in [0.15, 0.2) is 5.78 Å². The van der Waals surface area contributed by atoms with Crippen LogP contribution in [0.2, 0.25) is 0 Å². The number of nitrogens with one attached hydrogen (secondary N) is 2. The van der Waals surface area contributed by atoms with Gasteiger partial charge in [0.2, 0.25) is 0 Å². The Labute approximate surface area is 217 Å². The van der Waals surface area contributed by atoms with Gasteiger partial charge in [-0.25, -0.2) is 9.97 Å². The van der Waals surface area contributed by atoms with E-state index in [9.17, 15) is 9.59 Å². The summed E-state index contributed by atoms with van der Waals surface area (Å²) in [7, 11) is 1.86. The molecule has 0 saturated heterocycles. The van der Waals surface area contributed by atoms with Gasteiger partial charge in [0.25, 0.3) is 5.56 Å². The first-order valence-corrected chi connectivity index (χ1v) is 12.2. The smallest absolute Gasteiger partial charge is 0.263 e. The molecule has 0 amide bonds. The SMILES string of the molecule is CC(=O)c1c[nH]c2ncnc(N[C@@H](C)c3cc4cccc(-c5cnn(C)c5)c4c(=O)n3-c3ccccc3)c12. The van der Waals surface area contributed by atoms with Crippen LogP contribution < -0.4 is 10.9 Å². The number of fused-ring (bicyclic) bond motifs is 2. The number of carbonyl (C=O) groups is 1. The minimum Gasteiger partial charge on any atom is -0.361 e. The van der Waals surface area contributed by atoms with E-state index in [4.69, 9.17) is 0 Å². The molecule has 188 valence electrons. The van der Waals surface area contributed by atoms with Crippen LogP contribution in [0.4, 0.5) is 5.82 Å². The first-order chi connectivity index (χ1) is 18.4. The third-order valence-electron chi connectivity index (χ3n) is 6.75. The van der Waals surface area contributed by atoms with E-state index in [1.807, 2.05) is 74.8 Å². The highest BCUT2D eigenvalue weighted by Crippen LogP contribution is 2.31. The normalized spacial score (nSPS) is 12.2. The molecule has 0 fully saturated rings. The number of aryl methyl sites for hydroxylation is 1. The number of H-pyrrole nitrogens is 1. The largest absolute Gasteiger partial charge is 0.361 e. The quantitative estimate of drug-likeness (QED) is 0.308. The molecule has 0 aliphatic carbocycles. The monoisotopic (exact) mass is 503 g/mol. The van der Waals surface area contributed by atoms with Gasteiger partial charge in [0.1, 0.15) is 17.8 Å². The number of hydrogen-bond acceptors (Lipinski definition) is 6. The van der Waals surface area contributed by atoms with Crippen molar-refractivity contribution in [2.75, 3.05) is 5.32 Å². The second-order valence-electron chi connectivity index (χ2n) is 9.29. The van der Waals surface area contributed by atoms with Crippen molar-refractivity contribution in [2.45, 2.75) is 19.9 Å². The first-order valence-electron chi connectivity index (χ1n) is 12.2. The number of aromatic amines is 1. The number of benzene rings is 2. The third kappa shape index (κ3) is 3.85. The Morgan fingerprint density at radius 2 is 1.87 bits per heavy atom. The summed E-state index contributed by atoms with van der Waals surface area (Å²) in [6, 6.07) is 17.1. The van der Waals surface area contributed by atoms with Gasteiger partial charge in [-0.1, -0.05) is 36.4 Å². The van der Waals surface area contributed by atoms with E-state index in [0.29, 0.717) is 27.8 Å². The topological polar surface area (TPSA) is 110 Å². The highest BCUT2D eigenvalue weighted by molar-refractivity contribution is 6.09. The maximum atomic E-state index is 14.3. The molecule has 0 aliphatic rings. The minimum atomic E-state index is -0.345. The summed E-state index contributed by atoms with van der Waals surface area (Å²) in [5.74, 6) is 0.432. The molecule has 4 heterocycles. The van der Waals surface area contributed by atoms with E-state index < -0.39 is 0 Å². The van der Waals surface area contributed by atoms with Gasteiger partial charge in [-0.3, -0.25) is 18.8 Å². The molecule has 0 saturated carbocycles. The first kappa shape index (κ1) is 23.4. The summed E-state index contributed by atoms with van der Waals surface area (Å²) in [6.07, 6.45) is 6.77. The van der Waals surface area contributed by atoms with Crippen molar-refractivity contribution < 1.29 is 4.79 Å². The van der Waals surface area contributed by atoms with Gasteiger partial charge in [0, 0.05) is 41.9 Å². The van der Waals surface area contributed by atoms with E-state index >= 15 is 0 Å². The van der Waals surface area contributed by atoms with E-state index in [-0.39, 0.29) is 17.4 Å². The summed E-state index contributed by atoms with van der Waals surface area (Å²) >= 11 is 0. The van der Waals surface area contributed by atoms with Crippen LogP contribution in [0.3, 0.4) is 0 Å². The highest BCUT2D eigenvalue weighted by Gasteiger charge is 2.21. The van der Waals surface area contributed by atoms with Crippen molar-refractivity contribution in [2.24, 2.45) is 7.05 Å². The zero-order valence-corrected chi connectivity index (χ0v) is 21.1. The maximum absolute atomic E-state index is 14.3. The number of pyridine rings is 1. The second-order valence-corrected chi connectivity index (χ2v) is 9.29. The number of nitrogens with zero attached hydrogens (tertiary/aromatic N) is 5. The predicted molar refractivity (Wildman–Crippen MR) is 148 cm³/mol. The lowest BCUT2D eigenvalue weighted by molar-refractivity contribution is 0.101. The van der Waals surface area contributed by atoms with Crippen molar-refractivity contribution in [3.05, 3.63) is 101 Å². The Hall–Kier alpha value is -5.05. The predicted octanol–water partition coefficient (Wildman–Crippen LogP) is 5.04. The van der Waals surface area contributed by atoms with E-state index in [1.54, 1.807) is 21.6 Å². The summed E-state index contributed by atoms with van der Waals surface area (Å²) in [5, 5.41) is 9.81. The average molecular weight is 504 g/mol. The number of hydrogen-bond donors (Lipinski definition) is 2. The molecule has 4 aromatic heterocycles. The van der Waals surface area contributed by atoms with Crippen LogP contribution in [0.15, 0.2) is 84.3 Å². The van der Waals surface area contributed by atoms with Gasteiger partial charge in [-0.05, 0) is 43.0 Å². The fourth-order valence-electron chi connectivity index (χ4n) is 4.97. The Morgan fingerprint density at radius 3 is 2.61 bits per heavy atom. The zero-order valence-electron chi connectivity index (χ0n) is 21.1. The molecule has 2 aromatic carbocycles. The molecule has 38 heavy (non-hydrogen) atoms. The van der Waals surface area contributed by atoms with Crippen LogP contribution in [0, 0.1) is 0 Å². The van der Waals surface area contributed by atoms with Crippen LogP contribution in [-0.4, -0.2) is 35.1 Å². The van der Waals surface area contributed by atoms with Gasteiger partial charge < -0.3 is 10.3 Å². The van der Waals surface area contributed by atoms with Crippen molar-refractivity contribution in [3.8, 4) is 16.8 Å². The van der Waals surface area contributed by atoms with Gasteiger partial charge in [0.05, 0.1) is 23.0 Å². The van der Waals surface area contributed by atoms with Crippen molar-refractivity contribution in [1.82, 2.24) is 29.3 Å². The average Bonchev–Trinajstić information content (AvgIpc) is 3.56. The minimum absolute atomic E-state index is 0.0865. The fourth-order valence-corrected chi connectivity index (χ4v) is 4.97. The summed E-state index contributed by atoms with van der Waals surface area (Å²) in [4.78, 5) is 38.3. The van der Waals surface area contributed by atoms with Crippen LogP contribution in [-0.2, 0) is 7.05 Å². The van der Waals surface area contributed by atoms with Crippen LogP contribution >= 0.6 is 0 Å². The van der Waals surface area contributed by atoms with Crippen LogP contribution in [0.25, 0.3) is 38.6 Å². The molecule has 0 spiro atoms. The maximum Gasteiger partial charge on any atom is 0.263 e. The number of anilines is 1. The molecular weight excluding hydrogens is 478 g/mol. The Morgan fingerprint density at radius 1 is 1.05 bits per heavy atom. The highest BCUT2D eigenvalue weighted by atomic mass is 16.1. The molecule has 0 radical (unpaired) electrons. The molecule has 2 N–H and O–H groups in total. The van der Waals surface area contributed by atoms with Crippen LogP contribution in [0.1, 0.15) is 35.9 Å². The summed E-state index contributed by atoms with van der Waals surface area (Å²) in [6.45, 7) is 3.48. The molecule has 6 rings (SSSR count). The Balaban J connectivity index is 1.56. The second kappa shape index (κ2) is 9.11. The lowest BCUT2D eigenvalue weighted by Gasteiger charge is -2.22. The lowest BCUT2D eigenvalue weighted by Crippen LogP contribution is -2.26. The van der Waals surface area contributed by atoms with E-state index in [0.717, 1.165) is 27.9 Å². The van der Waals surface area contributed by atoms with E-state index in [2.05, 4.69) is 25.4 Å². The standard InChI is InChI=1S/C29H25N7O2/c1-17(34-28-26-23(18(2)37)14-30-27(26)31-16-32-28)24-12-19-8-7-11-22(20-13-33-35(3)15-20)25(19)29(38)36(24)21-9-5-4-6-10-21/h4-17H,1-3H3,(H2,30,31,32,34)/t17-/m0/s1. The molecular formula is C29H25N7O2. The molecule has 9 heteroatoms. The number of Topliss-reactive ketones (excluding diaryl/α,β-unsaturated/α-hetero) is 1. The number of aromatic nitrogens is 6. The van der Waals surface area contributed by atoms with Gasteiger partial charge in [-0.15, -0.1) is 0 Å². The third-order valence-corrected chi connectivity index (χ3v) is 6.75. The number of ketones is 1. The molecule has 0 unspecified atom stereocenters. The molecule has 0 aliphatic heterocycles. The number of rotatable bonds is 6. The van der Waals surface area contributed by atoms with E-state index in [1.165, 1.54) is 13.3 Å². The Kier molecular flexibility index (Phi) is 5.60. The van der Waals surface area contributed by atoms with Crippen molar-refractivity contribution >= 4 is 33.4 Å². The molecule has 1 atom stereocenters. The summed E-state index contributed by atoms with van der Waals surface area (Å²) < 4.78 is 3.46. The number of carbonyl (C=O) groups excluding carboxylic acids is 1. The molecule has 6 aromatic rings. The zero-order chi connectivity index (χ0) is 26.4. The van der Waals surface area contributed by atoms with Gasteiger partial charge in [-0.2, -0.15) is 5.10 Å². The molecule has 9 nitrogen and oxygen atoms in total. The summed E-state index contributed by atoms with van der Waals surface area (Å²) in [5.41, 5.74) is 4.16. The molecule has 0 bridgehead atoms. The van der Waals surface area contributed by atoms with Crippen LogP contribution in [0.5, 0.6) is 0 Å². The van der Waals surface area contributed by atoms with Crippen molar-refractivity contribution in [3.63, 3.8) is 0 Å². The van der Waals surface area contributed by atoms with Gasteiger partial charge >= 0.3 is 0 Å².